The number of aliphatic hydroxyl groups is 2. The van der Waals surface area contributed by atoms with Crippen molar-refractivity contribution < 1.29 is 19.7 Å². The van der Waals surface area contributed by atoms with Gasteiger partial charge in [0, 0.05) is 25.9 Å². The number of aliphatic hydroxyl groups excluding tert-OH is 2. The van der Waals surface area contributed by atoms with Crippen LogP contribution in [0.25, 0.3) is 0 Å². The Morgan fingerprint density at radius 1 is 1.14 bits per heavy atom. The first-order valence-corrected chi connectivity index (χ1v) is 9.59. The highest BCUT2D eigenvalue weighted by atomic mass is 16.5. The van der Waals surface area contributed by atoms with Gasteiger partial charge in [-0.25, -0.2) is 0 Å². The minimum absolute atomic E-state index is 0.0219. The highest BCUT2D eigenvalue weighted by Gasteiger charge is 2.17. The fraction of sp³-hybridized carbons (Fsp3) is 0.478. The molecule has 5 nitrogen and oxygen atoms in total. The lowest BCUT2D eigenvalue weighted by atomic mass is 10.1. The van der Waals surface area contributed by atoms with E-state index in [0.717, 1.165) is 19.2 Å². The van der Waals surface area contributed by atoms with Gasteiger partial charge in [-0.3, -0.25) is 0 Å². The molecule has 0 aromatic heterocycles. The lowest BCUT2D eigenvalue weighted by molar-refractivity contribution is 0.0132. The van der Waals surface area contributed by atoms with E-state index in [-0.39, 0.29) is 12.7 Å². The zero-order chi connectivity index (χ0) is 21.4. The summed E-state index contributed by atoms with van der Waals surface area (Å²) in [5.74, 6) is 0. The van der Waals surface area contributed by atoms with Crippen molar-refractivity contribution in [1.82, 2.24) is 0 Å². The predicted molar refractivity (Wildman–Crippen MR) is 118 cm³/mol. The van der Waals surface area contributed by atoms with Gasteiger partial charge in [0.1, 0.15) is 6.10 Å². The Morgan fingerprint density at radius 2 is 1.86 bits per heavy atom. The third-order valence-corrected chi connectivity index (χ3v) is 4.32. The summed E-state index contributed by atoms with van der Waals surface area (Å²) in [5, 5.41) is 15.8. The molecular weight excluding hydrogens is 354 g/mol. The van der Waals surface area contributed by atoms with Crippen LogP contribution in [0.2, 0.25) is 0 Å². The summed E-state index contributed by atoms with van der Waals surface area (Å²) in [6.45, 7) is 16.9. The number of allylic oxidation sites excluding steroid dienone is 2. The summed E-state index contributed by atoms with van der Waals surface area (Å²) in [4.78, 5) is 2.30. The highest BCUT2D eigenvalue weighted by Crippen LogP contribution is 2.21. The molecule has 1 rings (SSSR count). The first-order chi connectivity index (χ1) is 13.6. The average Bonchev–Trinajstić information content (AvgIpc) is 2.72. The van der Waals surface area contributed by atoms with E-state index < -0.39 is 0 Å². The number of hydrogen-bond donors (Lipinski definition) is 2. The third-order valence-electron chi connectivity index (χ3n) is 4.32. The van der Waals surface area contributed by atoms with Crippen LogP contribution in [-0.4, -0.2) is 62.9 Å². The standard InChI is InChI=1S/C22H33NO3.CH4O/c1-6-9-20(7-2)22(26-15-14-25-13-12-24)17-23(8-3)21-11-10-18(4)19(5)16-21;1-2/h6-7,9-11,16,22,24H,1-2,8,12-15,17H2,3-5H3;2H,1H3/b20-9+;. The van der Waals surface area contributed by atoms with Crippen molar-refractivity contribution in [3.8, 4) is 0 Å². The van der Waals surface area contributed by atoms with E-state index in [2.05, 4.69) is 57.0 Å². The molecule has 28 heavy (non-hydrogen) atoms. The van der Waals surface area contributed by atoms with Gasteiger partial charge in [0.25, 0.3) is 0 Å². The number of hydrogen-bond acceptors (Lipinski definition) is 5. The summed E-state index contributed by atoms with van der Waals surface area (Å²) in [5.41, 5.74) is 4.74. The van der Waals surface area contributed by atoms with Gasteiger partial charge in [0.05, 0.1) is 26.4 Å². The van der Waals surface area contributed by atoms with Crippen molar-refractivity contribution in [2.24, 2.45) is 0 Å². The van der Waals surface area contributed by atoms with Crippen molar-refractivity contribution >= 4 is 5.69 Å². The van der Waals surface area contributed by atoms with Crippen molar-refractivity contribution in [1.29, 1.82) is 0 Å². The Kier molecular flexibility index (Phi) is 15.0. The average molecular weight is 392 g/mol. The maximum Gasteiger partial charge on any atom is 0.100 e. The van der Waals surface area contributed by atoms with Gasteiger partial charge in [-0.15, -0.1) is 0 Å². The summed E-state index contributed by atoms with van der Waals surface area (Å²) in [6.07, 6.45) is 5.36. The Labute approximate surface area is 170 Å². The lowest BCUT2D eigenvalue weighted by Gasteiger charge is -2.29. The minimum atomic E-state index is -0.134. The molecule has 0 aliphatic carbocycles. The number of aryl methyl sites for hydroxylation is 2. The van der Waals surface area contributed by atoms with E-state index in [1.165, 1.54) is 16.8 Å². The van der Waals surface area contributed by atoms with Crippen LogP contribution in [0.1, 0.15) is 18.1 Å². The molecule has 0 heterocycles. The quantitative estimate of drug-likeness (QED) is 0.398. The van der Waals surface area contributed by atoms with Gasteiger partial charge < -0.3 is 24.6 Å². The van der Waals surface area contributed by atoms with E-state index in [1.54, 1.807) is 6.08 Å². The van der Waals surface area contributed by atoms with Gasteiger partial charge in [-0.05, 0) is 49.6 Å². The summed E-state index contributed by atoms with van der Waals surface area (Å²) < 4.78 is 11.4. The molecule has 1 unspecified atom stereocenters. The van der Waals surface area contributed by atoms with Crippen LogP contribution in [0.4, 0.5) is 5.69 Å². The smallest absolute Gasteiger partial charge is 0.100 e. The van der Waals surface area contributed by atoms with E-state index in [9.17, 15) is 0 Å². The molecule has 0 saturated carbocycles. The zero-order valence-electron chi connectivity index (χ0n) is 17.9. The molecule has 0 amide bonds. The molecule has 0 radical (unpaired) electrons. The Morgan fingerprint density at radius 3 is 2.39 bits per heavy atom. The second-order valence-corrected chi connectivity index (χ2v) is 6.11. The molecule has 0 saturated heterocycles. The topological polar surface area (TPSA) is 62.2 Å². The molecule has 0 bridgehead atoms. The molecule has 2 N–H and O–H groups in total. The maximum atomic E-state index is 8.78. The van der Waals surface area contributed by atoms with E-state index in [0.29, 0.717) is 26.4 Å². The lowest BCUT2D eigenvalue weighted by Crippen LogP contribution is -2.35. The molecule has 0 aliphatic rings. The molecule has 0 fully saturated rings. The third kappa shape index (κ3) is 9.33. The second kappa shape index (κ2) is 16.1. The molecule has 0 aliphatic heterocycles. The number of ether oxygens (including phenoxy) is 2. The maximum absolute atomic E-state index is 8.78. The van der Waals surface area contributed by atoms with Crippen molar-refractivity contribution in [3.05, 3.63) is 66.3 Å². The van der Waals surface area contributed by atoms with Crippen LogP contribution in [0.15, 0.2) is 55.2 Å². The molecule has 1 atom stereocenters. The van der Waals surface area contributed by atoms with E-state index in [4.69, 9.17) is 19.7 Å². The summed E-state index contributed by atoms with van der Waals surface area (Å²) >= 11 is 0. The summed E-state index contributed by atoms with van der Waals surface area (Å²) in [7, 11) is 1.00. The second-order valence-electron chi connectivity index (χ2n) is 6.11. The molecule has 158 valence electrons. The van der Waals surface area contributed by atoms with Crippen molar-refractivity contribution in [2.75, 3.05) is 51.5 Å². The molecule has 1 aromatic rings. The van der Waals surface area contributed by atoms with Crippen LogP contribution < -0.4 is 4.90 Å². The SMILES string of the molecule is C=C/C=C(\C=C)C(CN(CC)c1ccc(C)c(C)c1)OCCOCCO.CO. The van der Waals surface area contributed by atoms with Crippen molar-refractivity contribution in [2.45, 2.75) is 26.9 Å². The van der Waals surface area contributed by atoms with Crippen LogP contribution in [0.5, 0.6) is 0 Å². The van der Waals surface area contributed by atoms with Gasteiger partial charge >= 0.3 is 0 Å². The van der Waals surface area contributed by atoms with Crippen LogP contribution >= 0.6 is 0 Å². The number of rotatable bonds is 13. The molecule has 5 heteroatoms. The van der Waals surface area contributed by atoms with E-state index >= 15 is 0 Å². The fourth-order valence-corrected chi connectivity index (χ4v) is 2.65. The predicted octanol–water partition coefficient (Wildman–Crippen LogP) is 3.43. The Hall–Kier alpha value is -1.92. The van der Waals surface area contributed by atoms with Gasteiger partial charge in [-0.1, -0.05) is 37.5 Å². The first kappa shape index (κ1) is 26.1. The normalized spacial score (nSPS) is 12.0. The van der Waals surface area contributed by atoms with Crippen LogP contribution in [0.3, 0.4) is 0 Å². The van der Waals surface area contributed by atoms with Crippen LogP contribution in [-0.2, 0) is 9.47 Å². The number of anilines is 1. The fourth-order valence-electron chi connectivity index (χ4n) is 2.65. The van der Waals surface area contributed by atoms with E-state index in [1.807, 2.05) is 12.2 Å². The zero-order valence-corrected chi connectivity index (χ0v) is 17.9. The molecular formula is C23H37NO4. The largest absolute Gasteiger partial charge is 0.400 e. The number of nitrogens with zero attached hydrogens (tertiary/aromatic N) is 1. The van der Waals surface area contributed by atoms with Gasteiger partial charge in [0.2, 0.25) is 0 Å². The number of benzene rings is 1. The highest BCUT2D eigenvalue weighted by molar-refractivity contribution is 5.51. The minimum Gasteiger partial charge on any atom is -0.400 e. The molecule has 1 aromatic carbocycles. The summed E-state index contributed by atoms with van der Waals surface area (Å²) in [6, 6.07) is 6.52. The Balaban J connectivity index is 0.00000352. The van der Waals surface area contributed by atoms with Gasteiger partial charge in [-0.2, -0.15) is 0 Å². The monoisotopic (exact) mass is 391 g/mol. The Bertz CT molecular complexity index is 598. The van der Waals surface area contributed by atoms with Crippen LogP contribution in [0, 0.1) is 13.8 Å². The first-order valence-electron chi connectivity index (χ1n) is 9.59. The van der Waals surface area contributed by atoms with Gasteiger partial charge in [0.15, 0.2) is 0 Å². The van der Waals surface area contributed by atoms with Crippen molar-refractivity contribution in [3.63, 3.8) is 0 Å². The number of likely N-dealkylation sites (N-methyl/N-ethyl adjacent to an activating group) is 1. The molecule has 0 spiro atoms.